The number of nitrogens with one attached hydrogen (secondary N) is 2. The van der Waals surface area contributed by atoms with E-state index in [1.807, 2.05) is 0 Å². The van der Waals surface area contributed by atoms with Gasteiger partial charge in [0.1, 0.15) is 18.0 Å². The molecule has 5 nitrogen and oxygen atoms in total. The quantitative estimate of drug-likeness (QED) is 0.550. The molecule has 1 heterocycles. The van der Waals surface area contributed by atoms with E-state index in [9.17, 15) is 0 Å². The minimum atomic E-state index is 0.600. The zero-order chi connectivity index (χ0) is 12.8. The highest BCUT2D eigenvalue weighted by atomic mass is 15.3. The second kappa shape index (κ2) is 5.97. The van der Waals surface area contributed by atoms with Crippen LogP contribution in [0, 0.1) is 6.92 Å². The van der Waals surface area contributed by atoms with E-state index in [0.29, 0.717) is 5.82 Å². The summed E-state index contributed by atoms with van der Waals surface area (Å²) >= 11 is 0. The molecule has 0 aliphatic heterocycles. The van der Waals surface area contributed by atoms with Gasteiger partial charge in [0.2, 0.25) is 0 Å². The monoisotopic (exact) mass is 243 g/mol. The van der Waals surface area contributed by atoms with Gasteiger partial charge in [0.05, 0.1) is 0 Å². The van der Waals surface area contributed by atoms with Crippen molar-refractivity contribution in [1.29, 1.82) is 0 Å². The van der Waals surface area contributed by atoms with Gasteiger partial charge in [-0.1, -0.05) is 24.3 Å². The molecule has 94 valence electrons. The summed E-state index contributed by atoms with van der Waals surface area (Å²) in [6.45, 7) is 2.95. The SMILES string of the molecule is Cc1ccccc1CCNc1cc(NN)ncn1. The van der Waals surface area contributed by atoms with Gasteiger partial charge in [-0.25, -0.2) is 15.8 Å². The molecule has 0 aliphatic carbocycles. The lowest BCUT2D eigenvalue weighted by molar-refractivity contribution is 0.987. The van der Waals surface area contributed by atoms with E-state index >= 15 is 0 Å². The number of hydrazine groups is 1. The molecule has 2 aromatic rings. The Morgan fingerprint density at radius 2 is 1.94 bits per heavy atom. The molecule has 2 rings (SSSR count). The molecule has 0 bridgehead atoms. The topological polar surface area (TPSA) is 75.9 Å². The molecule has 0 amide bonds. The van der Waals surface area contributed by atoms with Crippen LogP contribution in [0.15, 0.2) is 36.7 Å². The van der Waals surface area contributed by atoms with E-state index in [1.54, 1.807) is 6.07 Å². The van der Waals surface area contributed by atoms with Crippen LogP contribution in [-0.4, -0.2) is 16.5 Å². The third-order valence-electron chi connectivity index (χ3n) is 2.78. The number of nitrogens with two attached hydrogens (primary N) is 1. The van der Waals surface area contributed by atoms with Gasteiger partial charge >= 0.3 is 0 Å². The van der Waals surface area contributed by atoms with Crippen molar-refractivity contribution in [1.82, 2.24) is 9.97 Å². The van der Waals surface area contributed by atoms with Crippen LogP contribution in [0.4, 0.5) is 11.6 Å². The summed E-state index contributed by atoms with van der Waals surface area (Å²) in [5.41, 5.74) is 5.15. The Balaban J connectivity index is 1.90. The van der Waals surface area contributed by atoms with Gasteiger partial charge < -0.3 is 10.7 Å². The normalized spacial score (nSPS) is 10.1. The van der Waals surface area contributed by atoms with E-state index in [2.05, 4.69) is 51.9 Å². The van der Waals surface area contributed by atoms with Crippen LogP contribution in [0.5, 0.6) is 0 Å². The van der Waals surface area contributed by atoms with Crippen LogP contribution in [0.1, 0.15) is 11.1 Å². The molecule has 1 aromatic carbocycles. The molecule has 0 atom stereocenters. The van der Waals surface area contributed by atoms with Gasteiger partial charge in [-0.15, -0.1) is 0 Å². The Labute approximate surface area is 106 Å². The summed E-state index contributed by atoms with van der Waals surface area (Å²) in [7, 11) is 0. The van der Waals surface area contributed by atoms with Crippen molar-refractivity contribution in [2.45, 2.75) is 13.3 Å². The number of nitrogen functional groups attached to an aromatic ring is 1. The average Bonchev–Trinajstić information content (AvgIpc) is 2.41. The highest BCUT2D eigenvalue weighted by Gasteiger charge is 1.99. The largest absolute Gasteiger partial charge is 0.370 e. The summed E-state index contributed by atoms with van der Waals surface area (Å²) in [6, 6.07) is 10.2. The third-order valence-corrected chi connectivity index (χ3v) is 2.78. The minimum absolute atomic E-state index is 0.600. The fourth-order valence-electron chi connectivity index (χ4n) is 1.75. The summed E-state index contributed by atoms with van der Waals surface area (Å²) in [5, 5.41) is 3.25. The van der Waals surface area contributed by atoms with Crippen molar-refractivity contribution in [3.8, 4) is 0 Å². The number of rotatable bonds is 5. The standard InChI is InChI=1S/C13H17N5/c1-10-4-2-3-5-11(10)6-7-15-12-8-13(18-14)17-9-16-12/h2-5,8-9H,6-7,14H2,1H3,(H2,15,16,17,18). The van der Waals surface area contributed by atoms with E-state index < -0.39 is 0 Å². The molecule has 0 unspecified atom stereocenters. The first-order valence-corrected chi connectivity index (χ1v) is 5.86. The van der Waals surface area contributed by atoms with Gasteiger partial charge in [-0.05, 0) is 24.5 Å². The second-order valence-corrected chi connectivity index (χ2v) is 4.04. The number of benzene rings is 1. The molecule has 18 heavy (non-hydrogen) atoms. The minimum Gasteiger partial charge on any atom is -0.370 e. The lowest BCUT2D eigenvalue weighted by Crippen LogP contribution is -2.11. The van der Waals surface area contributed by atoms with Gasteiger partial charge in [-0.2, -0.15) is 0 Å². The van der Waals surface area contributed by atoms with Crippen LogP contribution in [0.2, 0.25) is 0 Å². The first-order chi connectivity index (χ1) is 8.79. The highest BCUT2D eigenvalue weighted by molar-refractivity contribution is 5.45. The Morgan fingerprint density at radius 1 is 1.17 bits per heavy atom. The molecule has 5 heteroatoms. The van der Waals surface area contributed by atoms with Crippen molar-refractivity contribution < 1.29 is 0 Å². The Hall–Kier alpha value is -2.14. The fraction of sp³-hybridized carbons (Fsp3) is 0.231. The van der Waals surface area contributed by atoms with Gasteiger partial charge in [0, 0.05) is 12.6 Å². The maximum Gasteiger partial charge on any atom is 0.145 e. The van der Waals surface area contributed by atoms with Crippen LogP contribution in [0.3, 0.4) is 0 Å². The second-order valence-electron chi connectivity index (χ2n) is 4.04. The van der Waals surface area contributed by atoms with Crippen molar-refractivity contribution in [3.05, 3.63) is 47.8 Å². The zero-order valence-electron chi connectivity index (χ0n) is 10.4. The van der Waals surface area contributed by atoms with E-state index in [1.165, 1.54) is 17.5 Å². The molecule has 0 aliphatic rings. The third kappa shape index (κ3) is 3.18. The molecular formula is C13H17N5. The van der Waals surface area contributed by atoms with Crippen molar-refractivity contribution in [3.63, 3.8) is 0 Å². The molecular weight excluding hydrogens is 226 g/mol. The summed E-state index contributed by atoms with van der Waals surface area (Å²) in [4.78, 5) is 8.07. The molecule has 0 spiro atoms. The number of aryl methyl sites for hydroxylation is 1. The lowest BCUT2D eigenvalue weighted by atomic mass is 10.1. The zero-order valence-corrected chi connectivity index (χ0v) is 10.4. The number of hydrogen-bond donors (Lipinski definition) is 3. The Bertz CT molecular complexity index is 512. The van der Waals surface area contributed by atoms with Crippen LogP contribution >= 0.6 is 0 Å². The number of nitrogens with zero attached hydrogens (tertiary/aromatic N) is 2. The molecule has 0 fully saturated rings. The van der Waals surface area contributed by atoms with Gasteiger partial charge in [-0.3, -0.25) is 0 Å². The summed E-state index contributed by atoms with van der Waals surface area (Å²) in [5.74, 6) is 6.66. The Kier molecular flexibility index (Phi) is 4.09. The summed E-state index contributed by atoms with van der Waals surface area (Å²) < 4.78 is 0. The predicted octanol–water partition coefficient (Wildman–Crippen LogP) is 1.73. The number of aromatic nitrogens is 2. The number of hydrogen-bond acceptors (Lipinski definition) is 5. The molecule has 4 N–H and O–H groups in total. The van der Waals surface area contributed by atoms with Crippen LogP contribution < -0.4 is 16.6 Å². The highest BCUT2D eigenvalue weighted by Crippen LogP contribution is 2.10. The summed E-state index contributed by atoms with van der Waals surface area (Å²) in [6.07, 6.45) is 2.44. The first kappa shape index (κ1) is 12.3. The van der Waals surface area contributed by atoms with E-state index in [-0.39, 0.29) is 0 Å². The van der Waals surface area contributed by atoms with E-state index in [0.717, 1.165) is 18.8 Å². The first-order valence-electron chi connectivity index (χ1n) is 5.86. The predicted molar refractivity (Wildman–Crippen MR) is 73.2 cm³/mol. The van der Waals surface area contributed by atoms with Crippen molar-refractivity contribution in [2.75, 3.05) is 17.3 Å². The molecule has 0 saturated heterocycles. The van der Waals surface area contributed by atoms with Crippen molar-refractivity contribution >= 4 is 11.6 Å². The van der Waals surface area contributed by atoms with Crippen LogP contribution in [0.25, 0.3) is 0 Å². The lowest BCUT2D eigenvalue weighted by Gasteiger charge is -2.08. The van der Waals surface area contributed by atoms with Gasteiger partial charge in [0.25, 0.3) is 0 Å². The maximum atomic E-state index is 5.29. The number of anilines is 2. The smallest absolute Gasteiger partial charge is 0.145 e. The van der Waals surface area contributed by atoms with Gasteiger partial charge in [0.15, 0.2) is 0 Å². The average molecular weight is 243 g/mol. The fourth-order valence-corrected chi connectivity index (χ4v) is 1.75. The molecule has 0 saturated carbocycles. The maximum absolute atomic E-state index is 5.29. The molecule has 0 radical (unpaired) electrons. The van der Waals surface area contributed by atoms with Crippen molar-refractivity contribution in [2.24, 2.45) is 5.84 Å². The Morgan fingerprint density at radius 3 is 2.72 bits per heavy atom. The van der Waals surface area contributed by atoms with Crippen LogP contribution in [-0.2, 0) is 6.42 Å². The van der Waals surface area contributed by atoms with E-state index in [4.69, 9.17) is 5.84 Å². The molecule has 1 aromatic heterocycles.